The fourth-order valence-corrected chi connectivity index (χ4v) is 2.24. The van der Waals surface area contributed by atoms with Gasteiger partial charge in [0.1, 0.15) is 17.4 Å². The Morgan fingerprint density at radius 2 is 1.88 bits per heavy atom. The van der Waals surface area contributed by atoms with Gasteiger partial charge in [-0.25, -0.2) is 8.78 Å². The van der Waals surface area contributed by atoms with Crippen LogP contribution in [0.3, 0.4) is 0 Å². The van der Waals surface area contributed by atoms with Crippen molar-refractivity contribution in [2.45, 2.75) is 6.92 Å². The van der Waals surface area contributed by atoms with Gasteiger partial charge in [-0.1, -0.05) is 11.6 Å². The molecular weight excluding hydrogens is 352 g/mol. The molecule has 0 saturated carbocycles. The number of rotatable bonds is 5. The zero-order valence-electron chi connectivity index (χ0n) is 13.4. The van der Waals surface area contributed by atoms with E-state index >= 15 is 0 Å². The van der Waals surface area contributed by atoms with Crippen LogP contribution in [-0.4, -0.2) is 18.8 Å². The number of benzene rings is 2. The third kappa shape index (κ3) is 4.64. The molecule has 1 N–H and O–H groups in total. The summed E-state index contributed by atoms with van der Waals surface area (Å²) in [6, 6.07) is 7.42. The lowest BCUT2D eigenvalue weighted by atomic mass is 10.1. The number of nitrogens with one attached hydrogen (secondary N) is 1. The molecule has 0 spiro atoms. The molecule has 2 aromatic carbocycles. The maximum atomic E-state index is 13.8. The highest BCUT2D eigenvalue weighted by Gasteiger charge is 2.18. The van der Waals surface area contributed by atoms with Crippen molar-refractivity contribution in [1.29, 1.82) is 0 Å². The van der Waals surface area contributed by atoms with Crippen molar-refractivity contribution in [1.82, 2.24) is 0 Å². The van der Waals surface area contributed by atoms with Crippen LogP contribution >= 0.6 is 11.6 Å². The molecule has 0 atom stereocenters. The molecule has 0 unspecified atom stereocenters. The number of ketones is 1. The number of amides is 1. The lowest BCUT2D eigenvalue weighted by Crippen LogP contribution is -2.19. The SMILES string of the molecule is COc1ccc(Cl)cc1NC(=O)C(=Cc1ccc(F)cc1F)C(C)=O. The van der Waals surface area contributed by atoms with Crippen molar-refractivity contribution < 1.29 is 23.1 Å². The van der Waals surface area contributed by atoms with E-state index in [0.717, 1.165) is 18.2 Å². The van der Waals surface area contributed by atoms with Crippen LogP contribution in [0.15, 0.2) is 42.0 Å². The topological polar surface area (TPSA) is 55.4 Å². The van der Waals surface area contributed by atoms with E-state index in [9.17, 15) is 18.4 Å². The molecule has 25 heavy (non-hydrogen) atoms. The van der Waals surface area contributed by atoms with E-state index < -0.39 is 23.3 Å². The number of ether oxygens (including phenoxy) is 1. The Morgan fingerprint density at radius 3 is 2.48 bits per heavy atom. The number of methoxy groups -OCH3 is 1. The molecule has 2 aromatic rings. The van der Waals surface area contributed by atoms with Crippen LogP contribution in [-0.2, 0) is 9.59 Å². The molecular formula is C18H14ClF2NO3. The minimum absolute atomic E-state index is 0.0835. The molecule has 0 bridgehead atoms. The van der Waals surface area contributed by atoms with Gasteiger partial charge in [0.2, 0.25) is 0 Å². The number of hydrogen-bond acceptors (Lipinski definition) is 3. The van der Waals surface area contributed by atoms with Gasteiger partial charge in [0.25, 0.3) is 5.91 Å². The molecule has 1 amide bonds. The van der Waals surface area contributed by atoms with Crippen molar-refractivity contribution in [3.63, 3.8) is 0 Å². The van der Waals surface area contributed by atoms with Gasteiger partial charge in [-0.2, -0.15) is 0 Å². The number of carbonyl (C=O) groups excluding carboxylic acids is 2. The summed E-state index contributed by atoms with van der Waals surface area (Å²) in [5.41, 5.74) is -0.126. The number of Topliss-reactive ketones (excluding diaryl/α,β-unsaturated/α-hetero) is 1. The molecule has 2 rings (SSSR count). The van der Waals surface area contributed by atoms with Crippen LogP contribution in [0.5, 0.6) is 5.75 Å². The smallest absolute Gasteiger partial charge is 0.259 e. The summed E-state index contributed by atoms with van der Waals surface area (Å²) in [4.78, 5) is 24.2. The Morgan fingerprint density at radius 1 is 1.16 bits per heavy atom. The number of anilines is 1. The standard InChI is InChI=1S/C18H14ClF2NO3/c1-10(23)14(7-11-3-5-13(20)9-15(11)21)18(24)22-16-8-12(19)4-6-17(16)25-2/h3-9H,1-2H3,(H,22,24). The van der Waals surface area contributed by atoms with Gasteiger partial charge in [0.05, 0.1) is 18.4 Å². The first-order chi connectivity index (χ1) is 11.8. The minimum Gasteiger partial charge on any atom is -0.495 e. The van der Waals surface area contributed by atoms with Gasteiger partial charge in [-0.15, -0.1) is 0 Å². The van der Waals surface area contributed by atoms with E-state index in [0.29, 0.717) is 16.8 Å². The van der Waals surface area contributed by atoms with E-state index in [1.165, 1.54) is 20.1 Å². The minimum atomic E-state index is -0.883. The number of hydrogen-bond donors (Lipinski definition) is 1. The molecule has 4 nitrogen and oxygen atoms in total. The van der Waals surface area contributed by atoms with Gasteiger partial charge in [-0.3, -0.25) is 9.59 Å². The monoisotopic (exact) mass is 365 g/mol. The van der Waals surface area contributed by atoms with Gasteiger partial charge >= 0.3 is 0 Å². The van der Waals surface area contributed by atoms with Crippen molar-refractivity contribution in [2.75, 3.05) is 12.4 Å². The average Bonchev–Trinajstić information content (AvgIpc) is 2.53. The maximum absolute atomic E-state index is 13.8. The lowest BCUT2D eigenvalue weighted by Gasteiger charge is -2.11. The molecule has 0 aromatic heterocycles. The quantitative estimate of drug-likeness (QED) is 0.490. The normalized spacial score (nSPS) is 11.2. The van der Waals surface area contributed by atoms with Crippen molar-refractivity contribution >= 4 is 35.1 Å². The van der Waals surface area contributed by atoms with Crippen molar-refractivity contribution in [3.05, 3.63) is 64.2 Å². The molecule has 7 heteroatoms. The van der Waals surface area contributed by atoms with Crippen molar-refractivity contribution in [2.24, 2.45) is 0 Å². The van der Waals surface area contributed by atoms with E-state index in [1.807, 2.05) is 0 Å². The third-order valence-electron chi connectivity index (χ3n) is 3.30. The fraction of sp³-hybridized carbons (Fsp3) is 0.111. The number of carbonyl (C=O) groups is 2. The molecule has 0 heterocycles. The van der Waals surface area contributed by atoms with Crippen LogP contribution < -0.4 is 10.1 Å². The predicted octanol–water partition coefficient (Wildman–Crippen LogP) is 4.24. The second-order valence-corrected chi connectivity index (χ2v) is 5.52. The highest BCUT2D eigenvalue weighted by Crippen LogP contribution is 2.28. The highest BCUT2D eigenvalue weighted by molar-refractivity contribution is 6.31. The molecule has 0 aliphatic heterocycles. The summed E-state index contributed by atoms with van der Waals surface area (Å²) in [6.07, 6.45) is 1.06. The van der Waals surface area contributed by atoms with Crippen LogP contribution in [0.25, 0.3) is 6.08 Å². The Bertz CT molecular complexity index is 865. The van der Waals surface area contributed by atoms with Gasteiger partial charge in [-0.05, 0) is 43.3 Å². The van der Waals surface area contributed by atoms with E-state index in [1.54, 1.807) is 12.1 Å². The second kappa shape index (κ2) is 7.90. The molecule has 0 aliphatic carbocycles. The zero-order chi connectivity index (χ0) is 18.6. The Labute approximate surface area is 148 Å². The molecule has 0 fully saturated rings. The van der Waals surface area contributed by atoms with Gasteiger partial charge in [0.15, 0.2) is 5.78 Å². The van der Waals surface area contributed by atoms with E-state index in [4.69, 9.17) is 16.3 Å². The van der Waals surface area contributed by atoms with E-state index in [-0.39, 0.29) is 16.8 Å². The highest BCUT2D eigenvalue weighted by atomic mass is 35.5. The van der Waals surface area contributed by atoms with Crippen LogP contribution in [0.1, 0.15) is 12.5 Å². The first-order valence-corrected chi connectivity index (χ1v) is 7.52. The summed E-state index contributed by atoms with van der Waals surface area (Å²) >= 11 is 5.89. The first-order valence-electron chi connectivity index (χ1n) is 7.14. The summed E-state index contributed by atoms with van der Waals surface area (Å²) < 4.78 is 31.9. The van der Waals surface area contributed by atoms with Gasteiger partial charge in [0, 0.05) is 16.7 Å². The second-order valence-electron chi connectivity index (χ2n) is 5.08. The fourth-order valence-electron chi connectivity index (χ4n) is 2.07. The summed E-state index contributed by atoms with van der Waals surface area (Å²) in [5, 5.41) is 2.86. The Kier molecular flexibility index (Phi) is 5.88. The zero-order valence-corrected chi connectivity index (χ0v) is 14.2. The predicted molar refractivity (Wildman–Crippen MR) is 91.6 cm³/mol. The van der Waals surface area contributed by atoms with Crippen LogP contribution in [0, 0.1) is 11.6 Å². The summed E-state index contributed by atoms with van der Waals surface area (Å²) in [7, 11) is 1.41. The molecule has 0 radical (unpaired) electrons. The van der Waals surface area contributed by atoms with E-state index in [2.05, 4.69) is 5.32 Å². The summed E-state index contributed by atoms with van der Waals surface area (Å²) in [6.45, 7) is 1.17. The summed E-state index contributed by atoms with van der Waals surface area (Å²) in [5.74, 6) is -2.65. The third-order valence-corrected chi connectivity index (χ3v) is 3.53. The number of halogens is 3. The average molecular weight is 366 g/mol. The van der Waals surface area contributed by atoms with Crippen LogP contribution in [0.4, 0.5) is 14.5 Å². The molecule has 0 aliphatic rings. The van der Waals surface area contributed by atoms with Crippen LogP contribution in [0.2, 0.25) is 5.02 Å². The van der Waals surface area contributed by atoms with Crippen molar-refractivity contribution in [3.8, 4) is 5.75 Å². The Balaban J connectivity index is 2.38. The lowest BCUT2D eigenvalue weighted by molar-refractivity contribution is -0.118. The molecule has 130 valence electrons. The molecule has 0 saturated heterocycles. The van der Waals surface area contributed by atoms with Gasteiger partial charge < -0.3 is 10.1 Å². The largest absolute Gasteiger partial charge is 0.495 e. The Hall–Kier alpha value is -2.73. The maximum Gasteiger partial charge on any atom is 0.259 e. The first kappa shape index (κ1) is 18.6.